The maximum Gasteiger partial charge on any atom is 0.236 e. The molecule has 0 N–H and O–H groups in total. The highest BCUT2D eigenvalue weighted by molar-refractivity contribution is 7.84. The number of nitrogens with zero attached hydrogens (tertiary/aromatic N) is 1. The number of hydrogen-bond donors (Lipinski definition) is 0. The molecule has 0 saturated carbocycles. The summed E-state index contributed by atoms with van der Waals surface area (Å²) >= 11 is 1.55. The van der Waals surface area contributed by atoms with E-state index in [1.807, 2.05) is 24.4 Å². The predicted molar refractivity (Wildman–Crippen MR) is 91.1 cm³/mol. The largest absolute Gasteiger partial charge is 0.444 e. The number of benzene rings is 1. The van der Waals surface area contributed by atoms with Gasteiger partial charge in [0.15, 0.2) is 0 Å². The van der Waals surface area contributed by atoms with Gasteiger partial charge in [0.05, 0.1) is 21.6 Å². The van der Waals surface area contributed by atoms with E-state index in [2.05, 4.69) is 4.98 Å². The van der Waals surface area contributed by atoms with Gasteiger partial charge in [-0.3, -0.25) is 4.21 Å². The lowest BCUT2D eigenvalue weighted by Crippen LogP contribution is -2.08. The average Bonchev–Trinajstić information content (AvgIpc) is 3.21. The summed E-state index contributed by atoms with van der Waals surface area (Å²) in [5.41, 5.74) is 1.56. The molecule has 0 bridgehead atoms. The lowest BCUT2D eigenvalue weighted by molar-refractivity contribution is 0.574. The van der Waals surface area contributed by atoms with Crippen LogP contribution in [0.15, 0.2) is 52.5 Å². The molecule has 0 aliphatic rings. The standard InChI is InChI=1S/C17H16FNO2S2/c1-2-16(12-5-7-13(18)8-6-12)23(20)11-14-10-21-17(19-14)15-4-3-9-22-15/h3-10,16H,2,11H2,1H3/t16-,23-/m1/s1. The molecule has 0 fully saturated rings. The minimum absolute atomic E-state index is 0.141. The summed E-state index contributed by atoms with van der Waals surface area (Å²) in [4.78, 5) is 5.36. The van der Waals surface area contributed by atoms with Crippen LogP contribution in [0.25, 0.3) is 10.8 Å². The first-order chi connectivity index (χ1) is 11.2. The molecule has 0 radical (unpaired) electrons. The second-order valence-corrected chi connectivity index (χ2v) is 7.66. The predicted octanol–water partition coefficient (Wildman–Crippen LogP) is 4.94. The fourth-order valence-electron chi connectivity index (χ4n) is 2.38. The Bertz CT molecular complexity index is 781. The van der Waals surface area contributed by atoms with Crippen LogP contribution in [0.5, 0.6) is 0 Å². The van der Waals surface area contributed by atoms with Gasteiger partial charge >= 0.3 is 0 Å². The molecule has 0 amide bonds. The molecule has 2 atom stereocenters. The molecule has 2 aromatic heterocycles. The summed E-state index contributed by atoms with van der Waals surface area (Å²) in [5.74, 6) is 0.596. The van der Waals surface area contributed by atoms with Crippen molar-refractivity contribution in [3.05, 3.63) is 65.1 Å². The highest BCUT2D eigenvalue weighted by atomic mass is 32.2. The van der Waals surface area contributed by atoms with Gasteiger partial charge < -0.3 is 4.42 Å². The Morgan fingerprint density at radius 3 is 2.74 bits per heavy atom. The van der Waals surface area contributed by atoms with Crippen molar-refractivity contribution >= 4 is 22.1 Å². The molecule has 1 aromatic carbocycles. The molecule has 0 saturated heterocycles. The van der Waals surface area contributed by atoms with Crippen molar-refractivity contribution in [3.63, 3.8) is 0 Å². The zero-order chi connectivity index (χ0) is 16.2. The summed E-state index contributed by atoms with van der Waals surface area (Å²) in [6.07, 6.45) is 2.28. The molecule has 0 spiro atoms. The van der Waals surface area contributed by atoms with Gasteiger partial charge in [-0.2, -0.15) is 0 Å². The SMILES string of the molecule is CC[C@H](c1ccc(F)cc1)[S@](=O)Cc1coc(-c2cccs2)n1. The third-order valence-electron chi connectivity index (χ3n) is 3.50. The summed E-state index contributed by atoms with van der Waals surface area (Å²) < 4.78 is 31.2. The van der Waals surface area contributed by atoms with E-state index in [9.17, 15) is 8.60 Å². The first-order valence-electron chi connectivity index (χ1n) is 7.28. The number of oxazole rings is 1. The van der Waals surface area contributed by atoms with Gasteiger partial charge in [0.1, 0.15) is 12.1 Å². The zero-order valence-corrected chi connectivity index (χ0v) is 14.2. The van der Waals surface area contributed by atoms with E-state index in [4.69, 9.17) is 4.42 Å². The molecule has 3 aromatic rings. The van der Waals surface area contributed by atoms with Gasteiger partial charge in [-0.25, -0.2) is 9.37 Å². The van der Waals surface area contributed by atoms with Crippen molar-refractivity contribution in [1.29, 1.82) is 0 Å². The Morgan fingerprint density at radius 2 is 2.09 bits per heavy atom. The second kappa shape index (κ2) is 7.19. The lowest BCUT2D eigenvalue weighted by Gasteiger charge is -2.14. The molecule has 120 valence electrons. The molecular formula is C17H16FNO2S2. The van der Waals surface area contributed by atoms with Gasteiger partial charge in [0.25, 0.3) is 0 Å². The Balaban J connectivity index is 1.73. The fourth-order valence-corrected chi connectivity index (χ4v) is 4.50. The van der Waals surface area contributed by atoms with Crippen LogP contribution in [-0.2, 0) is 16.6 Å². The Kier molecular flexibility index (Phi) is 5.03. The Hall–Kier alpha value is -1.79. The third-order valence-corrected chi connectivity index (χ3v) is 6.18. The minimum atomic E-state index is -1.14. The topological polar surface area (TPSA) is 43.1 Å². The van der Waals surface area contributed by atoms with Crippen LogP contribution in [-0.4, -0.2) is 9.19 Å². The monoisotopic (exact) mass is 349 g/mol. The first kappa shape index (κ1) is 16.1. The van der Waals surface area contributed by atoms with E-state index in [1.165, 1.54) is 12.1 Å². The van der Waals surface area contributed by atoms with Gasteiger partial charge in [0.2, 0.25) is 5.89 Å². The smallest absolute Gasteiger partial charge is 0.236 e. The van der Waals surface area contributed by atoms with Crippen LogP contribution in [0, 0.1) is 5.82 Å². The fraction of sp³-hybridized carbons (Fsp3) is 0.235. The van der Waals surface area contributed by atoms with Crippen molar-refractivity contribution in [2.75, 3.05) is 0 Å². The molecule has 0 aliphatic carbocycles. The van der Waals surface area contributed by atoms with Crippen LogP contribution < -0.4 is 0 Å². The summed E-state index contributed by atoms with van der Waals surface area (Å²) in [5, 5.41) is 1.82. The van der Waals surface area contributed by atoms with Crippen molar-refractivity contribution < 1.29 is 13.0 Å². The average molecular weight is 349 g/mol. The number of hydrogen-bond acceptors (Lipinski definition) is 4. The Labute approximate surface area is 140 Å². The van der Waals surface area contributed by atoms with E-state index in [1.54, 1.807) is 29.7 Å². The number of aromatic nitrogens is 1. The zero-order valence-electron chi connectivity index (χ0n) is 12.6. The highest BCUT2D eigenvalue weighted by Crippen LogP contribution is 2.28. The van der Waals surface area contributed by atoms with Crippen LogP contribution in [0.3, 0.4) is 0 Å². The molecule has 23 heavy (non-hydrogen) atoms. The second-order valence-electron chi connectivity index (χ2n) is 5.09. The molecular weight excluding hydrogens is 333 g/mol. The first-order valence-corrected chi connectivity index (χ1v) is 9.54. The highest BCUT2D eigenvalue weighted by Gasteiger charge is 2.19. The minimum Gasteiger partial charge on any atom is -0.444 e. The van der Waals surface area contributed by atoms with E-state index in [0.29, 0.717) is 23.8 Å². The van der Waals surface area contributed by atoms with Crippen LogP contribution in [0.2, 0.25) is 0 Å². The number of halogens is 1. The normalized spacial score (nSPS) is 13.8. The summed E-state index contributed by atoms with van der Waals surface area (Å²) in [7, 11) is -1.14. The van der Waals surface area contributed by atoms with Crippen LogP contribution >= 0.6 is 11.3 Å². The lowest BCUT2D eigenvalue weighted by atomic mass is 10.1. The third kappa shape index (κ3) is 3.76. The summed E-state index contributed by atoms with van der Waals surface area (Å²) in [6.45, 7) is 1.98. The van der Waals surface area contributed by atoms with E-state index in [-0.39, 0.29) is 11.1 Å². The van der Waals surface area contributed by atoms with Crippen molar-refractivity contribution in [2.24, 2.45) is 0 Å². The summed E-state index contributed by atoms with van der Waals surface area (Å²) in [6, 6.07) is 10.1. The molecule has 3 nitrogen and oxygen atoms in total. The maximum absolute atomic E-state index is 13.0. The molecule has 6 heteroatoms. The van der Waals surface area contributed by atoms with Gasteiger partial charge in [0, 0.05) is 10.8 Å². The van der Waals surface area contributed by atoms with Crippen LogP contribution in [0.1, 0.15) is 29.9 Å². The molecule has 0 unspecified atom stereocenters. The maximum atomic E-state index is 13.0. The van der Waals surface area contributed by atoms with Crippen molar-refractivity contribution in [1.82, 2.24) is 4.98 Å². The van der Waals surface area contributed by atoms with Crippen molar-refractivity contribution in [3.8, 4) is 10.8 Å². The van der Waals surface area contributed by atoms with Gasteiger partial charge in [-0.1, -0.05) is 25.1 Å². The quantitative estimate of drug-likeness (QED) is 0.633. The van der Waals surface area contributed by atoms with Crippen molar-refractivity contribution in [2.45, 2.75) is 24.3 Å². The molecule has 2 heterocycles. The molecule has 0 aliphatic heterocycles. The number of rotatable bonds is 6. The van der Waals surface area contributed by atoms with E-state index < -0.39 is 10.8 Å². The van der Waals surface area contributed by atoms with Crippen LogP contribution in [0.4, 0.5) is 4.39 Å². The molecule has 3 rings (SSSR count). The van der Waals surface area contributed by atoms with E-state index >= 15 is 0 Å². The van der Waals surface area contributed by atoms with Gasteiger partial charge in [-0.05, 0) is 35.6 Å². The Morgan fingerprint density at radius 1 is 1.30 bits per heavy atom. The van der Waals surface area contributed by atoms with E-state index in [0.717, 1.165) is 10.4 Å². The van der Waals surface area contributed by atoms with Gasteiger partial charge in [-0.15, -0.1) is 11.3 Å². The number of thiophene rings is 1.